The number of nitrogen functional groups attached to an aromatic ring is 1. The summed E-state index contributed by atoms with van der Waals surface area (Å²) in [7, 11) is 0. The van der Waals surface area contributed by atoms with E-state index in [2.05, 4.69) is 52.5 Å². The van der Waals surface area contributed by atoms with Crippen LogP contribution in [0.3, 0.4) is 0 Å². The Bertz CT molecular complexity index is 1340. The molecule has 0 spiro atoms. The zero-order chi connectivity index (χ0) is 21.2. The minimum atomic E-state index is 0.0890. The van der Waals surface area contributed by atoms with Crippen LogP contribution in [-0.4, -0.2) is 19.5 Å². The van der Waals surface area contributed by atoms with Gasteiger partial charge in [-0.1, -0.05) is 48.5 Å². The molecule has 0 aliphatic heterocycles. The molecule has 6 nitrogen and oxygen atoms in total. The molecule has 3 aromatic carbocycles. The second-order valence-electron chi connectivity index (χ2n) is 7.46. The fourth-order valence-corrected chi connectivity index (χ4v) is 3.66. The van der Waals surface area contributed by atoms with Crippen molar-refractivity contribution in [3.8, 4) is 16.9 Å². The highest BCUT2D eigenvalue weighted by atomic mass is 15.2. The number of fused-ring (bicyclic) bond motifs is 1. The molecule has 5 aromatic rings. The average molecular weight is 406 g/mol. The zero-order valence-electron chi connectivity index (χ0n) is 17.1. The molecule has 0 saturated heterocycles. The molecule has 0 aliphatic rings. The van der Waals surface area contributed by atoms with Gasteiger partial charge in [0.15, 0.2) is 0 Å². The standard InChI is InChI=1S/C25H22N6/c1-17(18-6-3-2-4-7-18)29-25-27-13-12-24(30-25)31-16-28-22-11-10-20(15-23(22)31)19-8-5-9-21(26)14-19/h2-17H,26H2,1H3,(H,27,29,30). The summed E-state index contributed by atoms with van der Waals surface area (Å²) < 4.78 is 1.98. The Hall–Kier alpha value is -4.19. The molecule has 0 radical (unpaired) electrons. The van der Waals surface area contributed by atoms with Crippen LogP contribution in [0.5, 0.6) is 0 Å². The van der Waals surface area contributed by atoms with E-state index in [-0.39, 0.29) is 6.04 Å². The molecule has 0 saturated carbocycles. The van der Waals surface area contributed by atoms with Crippen molar-refractivity contribution in [2.45, 2.75) is 13.0 Å². The number of hydrogen-bond donors (Lipinski definition) is 2. The lowest BCUT2D eigenvalue weighted by atomic mass is 10.0. The van der Waals surface area contributed by atoms with E-state index in [4.69, 9.17) is 10.7 Å². The van der Waals surface area contributed by atoms with E-state index in [0.29, 0.717) is 5.95 Å². The topological polar surface area (TPSA) is 81.7 Å². The first kappa shape index (κ1) is 18.8. The molecule has 0 bridgehead atoms. The Balaban J connectivity index is 1.49. The summed E-state index contributed by atoms with van der Waals surface area (Å²) in [5.41, 5.74) is 11.9. The van der Waals surface area contributed by atoms with Gasteiger partial charge in [0.1, 0.15) is 12.1 Å². The maximum atomic E-state index is 5.97. The lowest BCUT2D eigenvalue weighted by molar-refractivity contribution is 0.854. The van der Waals surface area contributed by atoms with E-state index in [9.17, 15) is 0 Å². The van der Waals surface area contributed by atoms with Crippen LogP contribution < -0.4 is 11.1 Å². The smallest absolute Gasteiger partial charge is 0.225 e. The Morgan fingerprint density at radius 3 is 2.55 bits per heavy atom. The highest BCUT2D eigenvalue weighted by molar-refractivity contribution is 5.83. The maximum Gasteiger partial charge on any atom is 0.225 e. The molecule has 6 heteroatoms. The molecular formula is C25H22N6. The molecular weight excluding hydrogens is 384 g/mol. The summed E-state index contributed by atoms with van der Waals surface area (Å²) in [6.07, 6.45) is 3.55. The van der Waals surface area contributed by atoms with Gasteiger partial charge in [0.05, 0.1) is 17.1 Å². The van der Waals surface area contributed by atoms with Gasteiger partial charge in [-0.3, -0.25) is 4.57 Å². The summed E-state index contributed by atoms with van der Waals surface area (Å²) in [4.78, 5) is 13.7. The second kappa shape index (κ2) is 7.91. The number of aromatic nitrogens is 4. The number of nitrogens with one attached hydrogen (secondary N) is 1. The fraction of sp³-hybridized carbons (Fsp3) is 0.0800. The van der Waals surface area contributed by atoms with E-state index >= 15 is 0 Å². The van der Waals surface area contributed by atoms with Crippen LogP contribution in [0.25, 0.3) is 28.0 Å². The fourth-order valence-electron chi connectivity index (χ4n) is 3.66. The Morgan fingerprint density at radius 1 is 0.871 bits per heavy atom. The van der Waals surface area contributed by atoms with E-state index in [1.165, 1.54) is 5.56 Å². The summed E-state index contributed by atoms with van der Waals surface area (Å²) in [5, 5.41) is 3.38. The Kier molecular flexibility index (Phi) is 4.80. The first-order valence-electron chi connectivity index (χ1n) is 10.2. The highest BCUT2D eigenvalue weighted by Crippen LogP contribution is 2.27. The van der Waals surface area contributed by atoms with Crippen LogP contribution in [-0.2, 0) is 0 Å². The molecule has 5 rings (SSSR count). The van der Waals surface area contributed by atoms with Crippen molar-refractivity contribution >= 4 is 22.7 Å². The normalized spacial score (nSPS) is 12.0. The largest absolute Gasteiger partial charge is 0.399 e. The van der Waals surface area contributed by atoms with Crippen molar-refractivity contribution in [2.75, 3.05) is 11.1 Å². The first-order valence-corrected chi connectivity index (χ1v) is 10.2. The van der Waals surface area contributed by atoms with Gasteiger partial charge in [-0.2, -0.15) is 4.98 Å². The number of nitrogens with two attached hydrogens (primary N) is 1. The summed E-state index contributed by atoms with van der Waals surface area (Å²) >= 11 is 0. The van der Waals surface area contributed by atoms with Crippen molar-refractivity contribution < 1.29 is 0 Å². The predicted molar refractivity (Wildman–Crippen MR) is 125 cm³/mol. The van der Waals surface area contributed by atoms with Crippen LogP contribution in [0, 0.1) is 0 Å². The maximum absolute atomic E-state index is 5.97. The van der Waals surface area contributed by atoms with E-state index in [1.54, 1.807) is 12.5 Å². The third-order valence-corrected chi connectivity index (χ3v) is 5.30. The van der Waals surface area contributed by atoms with Crippen LogP contribution in [0.15, 0.2) is 91.4 Å². The monoisotopic (exact) mass is 406 g/mol. The highest BCUT2D eigenvalue weighted by Gasteiger charge is 2.11. The third kappa shape index (κ3) is 3.83. The van der Waals surface area contributed by atoms with Crippen LogP contribution in [0.2, 0.25) is 0 Å². The van der Waals surface area contributed by atoms with Crippen molar-refractivity contribution in [3.05, 3.63) is 97.0 Å². The molecule has 2 heterocycles. The number of nitrogens with zero attached hydrogens (tertiary/aromatic N) is 4. The summed E-state index contributed by atoms with van der Waals surface area (Å²) in [6, 6.07) is 26.3. The number of imidazole rings is 1. The minimum absolute atomic E-state index is 0.0890. The molecule has 1 unspecified atom stereocenters. The number of hydrogen-bond acceptors (Lipinski definition) is 5. The predicted octanol–water partition coefficient (Wildman–Crippen LogP) is 5.24. The minimum Gasteiger partial charge on any atom is -0.399 e. The van der Waals surface area contributed by atoms with Crippen LogP contribution in [0.1, 0.15) is 18.5 Å². The second-order valence-corrected chi connectivity index (χ2v) is 7.46. The molecule has 1 atom stereocenters. The van der Waals surface area contributed by atoms with Gasteiger partial charge in [0.2, 0.25) is 5.95 Å². The average Bonchev–Trinajstić information content (AvgIpc) is 3.23. The van der Waals surface area contributed by atoms with Crippen molar-refractivity contribution in [1.82, 2.24) is 19.5 Å². The van der Waals surface area contributed by atoms with Gasteiger partial charge < -0.3 is 11.1 Å². The molecule has 2 aromatic heterocycles. The Labute approximate surface area is 180 Å². The SMILES string of the molecule is CC(Nc1nccc(-n2cnc3ccc(-c4cccc(N)c4)cc32)n1)c1ccccc1. The molecule has 152 valence electrons. The summed E-state index contributed by atoms with van der Waals surface area (Å²) in [5.74, 6) is 1.33. The van der Waals surface area contributed by atoms with Crippen LogP contribution >= 0.6 is 0 Å². The van der Waals surface area contributed by atoms with Crippen molar-refractivity contribution in [3.63, 3.8) is 0 Å². The molecule has 3 N–H and O–H groups in total. The van der Waals surface area contributed by atoms with Gasteiger partial charge in [0.25, 0.3) is 0 Å². The number of anilines is 2. The Morgan fingerprint density at radius 2 is 1.71 bits per heavy atom. The number of rotatable bonds is 5. The summed E-state index contributed by atoms with van der Waals surface area (Å²) in [6.45, 7) is 2.09. The molecule has 0 amide bonds. The van der Waals surface area contributed by atoms with E-state index in [0.717, 1.165) is 33.7 Å². The molecule has 0 aliphatic carbocycles. The van der Waals surface area contributed by atoms with Crippen molar-refractivity contribution in [1.29, 1.82) is 0 Å². The van der Waals surface area contributed by atoms with Gasteiger partial charge in [-0.25, -0.2) is 9.97 Å². The van der Waals surface area contributed by atoms with Crippen molar-refractivity contribution in [2.24, 2.45) is 0 Å². The van der Waals surface area contributed by atoms with Gasteiger partial charge in [0, 0.05) is 11.9 Å². The molecule has 0 fully saturated rings. The third-order valence-electron chi connectivity index (χ3n) is 5.30. The van der Waals surface area contributed by atoms with Gasteiger partial charge >= 0.3 is 0 Å². The van der Waals surface area contributed by atoms with E-state index in [1.807, 2.05) is 53.1 Å². The lowest BCUT2D eigenvalue weighted by Crippen LogP contribution is -2.10. The van der Waals surface area contributed by atoms with Gasteiger partial charge in [-0.15, -0.1) is 0 Å². The van der Waals surface area contributed by atoms with Gasteiger partial charge in [-0.05, 0) is 53.9 Å². The molecule has 31 heavy (non-hydrogen) atoms. The van der Waals surface area contributed by atoms with Crippen LogP contribution in [0.4, 0.5) is 11.6 Å². The number of benzene rings is 3. The first-order chi connectivity index (χ1) is 15.2. The zero-order valence-corrected chi connectivity index (χ0v) is 17.1. The lowest BCUT2D eigenvalue weighted by Gasteiger charge is -2.14. The van der Waals surface area contributed by atoms with E-state index < -0.39 is 0 Å². The quantitative estimate of drug-likeness (QED) is 0.390.